The normalized spacial score (nSPS) is 51.6. The fourth-order valence-electron chi connectivity index (χ4n) is 8.63. The van der Waals surface area contributed by atoms with Gasteiger partial charge >= 0.3 is 5.97 Å². The van der Waals surface area contributed by atoms with E-state index in [4.69, 9.17) is 4.74 Å². The second kappa shape index (κ2) is 6.99. The number of amides is 1. The quantitative estimate of drug-likeness (QED) is 0.673. The highest BCUT2D eigenvalue weighted by Crippen LogP contribution is 2.67. The monoisotopic (exact) mass is 401 g/mol. The molecule has 1 saturated heterocycles. The SMILES string of the molecule is C[C@H]1CC[C@H]2[C@@H]3CC[C@@H]4C[C@H](OC(=O)C5CCC(=O)N5)CC[C@]4(C)[C@H]3CC[C@]12C. The molecule has 4 aliphatic carbocycles. The standard InChI is InChI=1S/C25H39NO3/c1-15-4-7-19-18-6-5-16-14-17(29-23(28)21-8-9-22(27)26-21)10-12-25(16,3)20(18)11-13-24(15,19)2/h15-21H,4-14H2,1-3H3,(H,26,27)/t15-,16+,17+,18-,19-,20-,21?,24+,25-/m0/s1. The summed E-state index contributed by atoms with van der Waals surface area (Å²) >= 11 is 0. The Hall–Kier alpha value is -1.06. The van der Waals surface area contributed by atoms with E-state index in [1.807, 2.05) is 0 Å². The summed E-state index contributed by atoms with van der Waals surface area (Å²) in [4.78, 5) is 23.9. The van der Waals surface area contributed by atoms with Crippen molar-refractivity contribution >= 4 is 11.9 Å². The third kappa shape index (κ3) is 3.07. The molecule has 1 heterocycles. The van der Waals surface area contributed by atoms with E-state index in [2.05, 4.69) is 26.1 Å². The van der Waals surface area contributed by atoms with E-state index >= 15 is 0 Å². The Bertz CT molecular complexity index is 692. The first-order chi connectivity index (χ1) is 13.8. The first-order valence-corrected chi connectivity index (χ1v) is 12.3. The molecule has 0 aromatic heterocycles. The first-order valence-electron chi connectivity index (χ1n) is 12.3. The van der Waals surface area contributed by atoms with Crippen molar-refractivity contribution in [1.82, 2.24) is 5.32 Å². The number of hydrogen-bond acceptors (Lipinski definition) is 3. The fourth-order valence-corrected chi connectivity index (χ4v) is 8.63. The molecule has 162 valence electrons. The number of fused-ring (bicyclic) bond motifs is 5. The molecule has 1 unspecified atom stereocenters. The lowest BCUT2D eigenvalue weighted by Gasteiger charge is -2.61. The Morgan fingerprint density at radius 1 is 0.966 bits per heavy atom. The van der Waals surface area contributed by atoms with Gasteiger partial charge in [0, 0.05) is 6.42 Å². The Balaban J connectivity index is 1.25. The van der Waals surface area contributed by atoms with Gasteiger partial charge in [0.15, 0.2) is 0 Å². The van der Waals surface area contributed by atoms with Crippen molar-refractivity contribution in [1.29, 1.82) is 0 Å². The lowest BCUT2D eigenvalue weighted by Crippen LogP contribution is -2.54. The van der Waals surface area contributed by atoms with Crippen molar-refractivity contribution in [3.05, 3.63) is 0 Å². The Morgan fingerprint density at radius 3 is 2.48 bits per heavy atom. The van der Waals surface area contributed by atoms with Crippen LogP contribution in [0.3, 0.4) is 0 Å². The second-order valence-electron chi connectivity index (χ2n) is 11.7. The minimum atomic E-state index is -0.410. The third-order valence-electron chi connectivity index (χ3n) is 10.7. The van der Waals surface area contributed by atoms with Crippen molar-refractivity contribution in [2.24, 2.45) is 40.4 Å². The summed E-state index contributed by atoms with van der Waals surface area (Å²) in [6.07, 6.45) is 12.7. The van der Waals surface area contributed by atoms with Crippen LogP contribution in [0.4, 0.5) is 0 Å². The predicted molar refractivity (Wildman–Crippen MR) is 112 cm³/mol. The minimum Gasteiger partial charge on any atom is -0.461 e. The molecule has 4 heteroatoms. The van der Waals surface area contributed by atoms with E-state index in [1.54, 1.807) is 0 Å². The summed E-state index contributed by atoms with van der Waals surface area (Å²) in [5, 5.41) is 2.76. The minimum absolute atomic E-state index is 0.0213. The summed E-state index contributed by atoms with van der Waals surface area (Å²) in [6.45, 7) is 7.67. The fraction of sp³-hybridized carbons (Fsp3) is 0.920. The number of carbonyl (C=O) groups is 2. The van der Waals surface area contributed by atoms with Crippen LogP contribution in [0.2, 0.25) is 0 Å². The van der Waals surface area contributed by atoms with Crippen LogP contribution >= 0.6 is 0 Å². The smallest absolute Gasteiger partial charge is 0.328 e. The maximum absolute atomic E-state index is 12.5. The van der Waals surface area contributed by atoms with Gasteiger partial charge in [0.2, 0.25) is 5.91 Å². The molecule has 4 nitrogen and oxygen atoms in total. The molecule has 5 aliphatic rings. The van der Waals surface area contributed by atoms with Crippen molar-refractivity contribution < 1.29 is 14.3 Å². The molecule has 1 aliphatic heterocycles. The van der Waals surface area contributed by atoms with Gasteiger partial charge in [-0.3, -0.25) is 4.79 Å². The zero-order chi connectivity index (χ0) is 20.4. The molecule has 0 radical (unpaired) electrons. The Kier molecular flexibility index (Phi) is 4.79. The molecule has 9 atom stereocenters. The van der Waals surface area contributed by atoms with Gasteiger partial charge in [0.05, 0.1) is 0 Å². The maximum atomic E-state index is 12.5. The van der Waals surface area contributed by atoms with Crippen LogP contribution in [0.25, 0.3) is 0 Å². The van der Waals surface area contributed by atoms with Gasteiger partial charge in [0.25, 0.3) is 0 Å². The van der Waals surface area contributed by atoms with Crippen LogP contribution < -0.4 is 5.32 Å². The zero-order valence-corrected chi connectivity index (χ0v) is 18.5. The maximum Gasteiger partial charge on any atom is 0.328 e. The van der Waals surface area contributed by atoms with Gasteiger partial charge in [-0.25, -0.2) is 4.79 Å². The molecule has 1 N–H and O–H groups in total. The molecule has 29 heavy (non-hydrogen) atoms. The predicted octanol–water partition coefficient (Wildman–Crippen LogP) is 4.86. The van der Waals surface area contributed by atoms with E-state index in [1.165, 1.54) is 44.9 Å². The Labute approximate surface area is 175 Å². The number of ether oxygens (including phenoxy) is 1. The summed E-state index contributed by atoms with van der Waals surface area (Å²) in [7, 11) is 0. The highest BCUT2D eigenvalue weighted by molar-refractivity contribution is 5.88. The lowest BCUT2D eigenvalue weighted by molar-refractivity contribution is -0.164. The van der Waals surface area contributed by atoms with Gasteiger partial charge in [0.1, 0.15) is 12.1 Å². The summed E-state index contributed by atoms with van der Waals surface area (Å²) in [6, 6.07) is -0.410. The molecule has 0 bridgehead atoms. The average Bonchev–Trinajstić information content (AvgIpc) is 3.25. The molecular formula is C25H39NO3. The van der Waals surface area contributed by atoms with Crippen LogP contribution in [0.5, 0.6) is 0 Å². The van der Waals surface area contributed by atoms with Crippen molar-refractivity contribution in [3.8, 4) is 0 Å². The van der Waals surface area contributed by atoms with Crippen LogP contribution in [0.1, 0.15) is 91.4 Å². The Morgan fingerprint density at radius 2 is 1.72 bits per heavy atom. The van der Waals surface area contributed by atoms with Crippen LogP contribution in [0, 0.1) is 40.4 Å². The molecule has 0 spiro atoms. The molecule has 4 saturated carbocycles. The second-order valence-corrected chi connectivity index (χ2v) is 11.7. The highest BCUT2D eigenvalue weighted by Gasteiger charge is 2.59. The van der Waals surface area contributed by atoms with Crippen molar-refractivity contribution in [2.75, 3.05) is 0 Å². The number of esters is 1. The summed E-state index contributed by atoms with van der Waals surface area (Å²) in [5.41, 5.74) is 1.02. The molecule has 1 amide bonds. The molecule has 5 fully saturated rings. The van der Waals surface area contributed by atoms with Crippen molar-refractivity contribution in [3.63, 3.8) is 0 Å². The summed E-state index contributed by atoms with van der Waals surface area (Å²) in [5.74, 6) is 4.10. The number of carbonyl (C=O) groups excluding carboxylic acids is 2. The van der Waals surface area contributed by atoms with E-state index < -0.39 is 6.04 Å². The van der Waals surface area contributed by atoms with Crippen molar-refractivity contribution in [2.45, 2.75) is 104 Å². The van der Waals surface area contributed by atoms with Crippen LogP contribution in [0.15, 0.2) is 0 Å². The van der Waals surface area contributed by atoms with E-state index in [0.717, 1.165) is 36.5 Å². The average molecular weight is 402 g/mol. The number of rotatable bonds is 2. The largest absolute Gasteiger partial charge is 0.461 e. The van der Waals surface area contributed by atoms with E-state index in [9.17, 15) is 9.59 Å². The van der Waals surface area contributed by atoms with Crippen LogP contribution in [-0.2, 0) is 14.3 Å². The first kappa shape index (κ1) is 19.9. The zero-order valence-electron chi connectivity index (χ0n) is 18.5. The van der Waals surface area contributed by atoms with Gasteiger partial charge in [-0.2, -0.15) is 0 Å². The lowest BCUT2D eigenvalue weighted by atomic mass is 9.45. The van der Waals surface area contributed by atoms with Gasteiger partial charge in [-0.1, -0.05) is 20.8 Å². The van der Waals surface area contributed by atoms with Gasteiger partial charge in [-0.15, -0.1) is 0 Å². The highest BCUT2D eigenvalue weighted by atomic mass is 16.5. The topological polar surface area (TPSA) is 55.4 Å². The third-order valence-corrected chi connectivity index (χ3v) is 10.7. The molecule has 5 rings (SSSR count). The molecular weight excluding hydrogens is 362 g/mol. The molecule has 0 aromatic carbocycles. The van der Waals surface area contributed by atoms with E-state index in [0.29, 0.717) is 29.6 Å². The number of nitrogens with one attached hydrogen (secondary N) is 1. The number of hydrogen-bond donors (Lipinski definition) is 1. The molecule has 0 aromatic rings. The summed E-state index contributed by atoms with van der Waals surface area (Å²) < 4.78 is 5.90. The van der Waals surface area contributed by atoms with Crippen LogP contribution in [-0.4, -0.2) is 24.0 Å². The van der Waals surface area contributed by atoms with Gasteiger partial charge in [-0.05, 0) is 105 Å². The van der Waals surface area contributed by atoms with E-state index in [-0.39, 0.29) is 18.0 Å². The van der Waals surface area contributed by atoms with Gasteiger partial charge < -0.3 is 10.1 Å².